The number of methoxy groups -OCH3 is 2. The van der Waals surface area contributed by atoms with Gasteiger partial charge in [-0.05, 0) is 5.56 Å². The van der Waals surface area contributed by atoms with Crippen molar-refractivity contribution in [1.82, 2.24) is 0 Å². The van der Waals surface area contributed by atoms with Gasteiger partial charge in [0.05, 0.1) is 20.6 Å². The maximum absolute atomic E-state index is 11.8. The fourth-order valence-corrected chi connectivity index (χ4v) is 2.20. The first-order valence-electron chi connectivity index (χ1n) is 5.51. The fourth-order valence-electron chi connectivity index (χ4n) is 1.61. The highest BCUT2D eigenvalue weighted by atomic mass is 35.5. The molecule has 0 aliphatic rings. The van der Waals surface area contributed by atoms with Crippen LogP contribution < -0.4 is 0 Å². The molecule has 0 amide bonds. The van der Waals surface area contributed by atoms with Crippen molar-refractivity contribution in [1.29, 1.82) is 0 Å². The van der Waals surface area contributed by atoms with Gasteiger partial charge in [-0.2, -0.15) is 0 Å². The van der Waals surface area contributed by atoms with Gasteiger partial charge >= 0.3 is 11.9 Å². The molecule has 4 nitrogen and oxygen atoms in total. The largest absolute Gasteiger partial charge is 0.469 e. The fraction of sp³-hybridized carbons (Fsp3) is 0.385. The third-order valence-corrected chi connectivity index (χ3v) is 3.64. The number of hydrogen-bond donors (Lipinski definition) is 0. The number of benzene rings is 1. The molecule has 0 bridgehead atoms. The molecule has 0 saturated carbocycles. The van der Waals surface area contributed by atoms with Crippen LogP contribution in [-0.4, -0.2) is 26.2 Å². The molecule has 0 N–H and O–H groups in total. The van der Waals surface area contributed by atoms with Gasteiger partial charge in [-0.25, -0.2) is 0 Å². The molecule has 19 heavy (non-hydrogen) atoms. The molecule has 6 heteroatoms. The predicted octanol–water partition coefficient (Wildman–Crippen LogP) is 2.67. The van der Waals surface area contributed by atoms with E-state index in [1.807, 2.05) is 0 Å². The smallest absolute Gasteiger partial charge is 0.312 e. The zero-order valence-electron chi connectivity index (χ0n) is 10.6. The van der Waals surface area contributed by atoms with Gasteiger partial charge in [0.25, 0.3) is 0 Å². The molecule has 0 saturated heterocycles. The van der Waals surface area contributed by atoms with Gasteiger partial charge in [0, 0.05) is 0 Å². The number of halogens is 2. The summed E-state index contributed by atoms with van der Waals surface area (Å²) in [5.74, 6) is -2.30. The normalized spacial score (nSPS) is 12.6. The van der Waals surface area contributed by atoms with Crippen molar-refractivity contribution in [3.8, 4) is 0 Å². The van der Waals surface area contributed by atoms with E-state index in [1.165, 1.54) is 14.2 Å². The lowest BCUT2D eigenvalue weighted by molar-refractivity contribution is -0.152. The summed E-state index contributed by atoms with van der Waals surface area (Å²) in [6.45, 7) is 0. The highest BCUT2D eigenvalue weighted by Crippen LogP contribution is 2.43. The Kier molecular flexibility index (Phi) is 5.63. The molecule has 1 rings (SSSR count). The number of ether oxygens (including phenoxy) is 2. The standard InChI is InChI=1S/C13H14Cl2O4/c1-18-11(16)8-10(12(17)19-2)13(14,15)9-6-4-3-5-7-9/h3-7,10H,8H2,1-2H3. The second kappa shape index (κ2) is 6.78. The van der Waals surface area contributed by atoms with E-state index in [-0.39, 0.29) is 6.42 Å². The second-order valence-electron chi connectivity index (χ2n) is 3.84. The molecule has 0 radical (unpaired) electrons. The van der Waals surface area contributed by atoms with Crippen LogP contribution in [0.4, 0.5) is 0 Å². The van der Waals surface area contributed by atoms with E-state index < -0.39 is 22.2 Å². The van der Waals surface area contributed by atoms with Crippen LogP contribution in [0.15, 0.2) is 30.3 Å². The molecule has 0 heterocycles. The summed E-state index contributed by atoms with van der Waals surface area (Å²) < 4.78 is 7.63. The molecule has 1 aromatic rings. The van der Waals surface area contributed by atoms with Crippen molar-refractivity contribution in [2.45, 2.75) is 10.8 Å². The van der Waals surface area contributed by atoms with Crippen molar-refractivity contribution < 1.29 is 19.1 Å². The van der Waals surface area contributed by atoms with E-state index in [0.29, 0.717) is 5.56 Å². The van der Waals surface area contributed by atoms with E-state index in [9.17, 15) is 9.59 Å². The number of carbonyl (C=O) groups is 2. The Balaban J connectivity index is 3.08. The average Bonchev–Trinajstić information content (AvgIpc) is 2.44. The summed E-state index contributed by atoms with van der Waals surface area (Å²) in [6, 6.07) is 8.61. The molecule has 0 aromatic heterocycles. The van der Waals surface area contributed by atoms with Gasteiger partial charge in [-0.15, -0.1) is 0 Å². The molecular weight excluding hydrogens is 291 g/mol. The SMILES string of the molecule is COC(=O)CC(C(=O)OC)C(Cl)(Cl)c1ccccc1. The first-order valence-corrected chi connectivity index (χ1v) is 6.27. The molecule has 0 aliphatic heterocycles. The number of carbonyl (C=O) groups excluding carboxylic acids is 2. The minimum atomic E-state index is -1.57. The molecule has 104 valence electrons. The number of alkyl halides is 2. The summed E-state index contributed by atoms with van der Waals surface area (Å²) in [7, 11) is 2.44. The maximum atomic E-state index is 11.8. The van der Waals surface area contributed by atoms with Crippen LogP contribution in [0.3, 0.4) is 0 Å². The highest BCUT2D eigenvalue weighted by Gasteiger charge is 2.43. The quantitative estimate of drug-likeness (QED) is 0.620. The first kappa shape index (κ1) is 15.8. The minimum absolute atomic E-state index is 0.259. The molecular formula is C13H14Cl2O4. The Morgan fingerprint density at radius 2 is 1.74 bits per heavy atom. The molecule has 0 spiro atoms. The lowest BCUT2D eigenvalue weighted by Gasteiger charge is -2.27. The number of hydrogen-bond acceptors (Lipinski definition) is 4. The Morgan fingerprint density at radius 3 is 2.21 bits per heavy atom. The minimum Gasteiger partial charge on any atom is -0.469 e. The Labute approximate surface area is 121 Å². The predicted molar refractivity (Wildman–Crippen MR) is 72.0 cm³/mol. The van der Waals surface area contributed by atoms with Crippen LogP contribution in [0.25, 0.3) is 0 Å². The van der Waals surface area contributed by atoms with Crippen LogP contribution in [0, 0.1) is 5.92 Å². The van der Waals surface area contributed by atoms with E-state index >= 15 is 0 Å². The average molecular weight is 305 g/mol. The summed E-state index contributed by atoms with van der Waals surface area (Å²) in [5, 5.41) is 0. The highest BCUT2D eigenvalue weighted by molar-refractivity contribution is 6.49. The maximum Gasteiger partial charge on any atom is 0.312 e. The third kappa shape index (κ3) is 3.85. The molecule has 1 aromatic carbocycles. The van der Waals surface area contributed by atoms with Crippen molar-refractivity contribution in [3.05, 3.63) is 35.9 Å². The summed E-state index contributed by atoms with van der Waals surface area (Å²) in [4.78, 5) is 23.2. The van der Waals surface area contributed by atoms with E-state index in [0.717, 1.165) is 0 Å². The van der Waals surface area contributed by atoms with Gasteiger partial charge in [0.2, 0.25) is 0 Å². The van der Waals surface area contributed by atoms with Crippen molar-refractivity contribution in [2.24, 2.45) is 5.92 Å². The van der Waals surface area contributed by atoms with Crippen LogP contribution in [0.5, 0.6) is 0 Å². The van der Waals surface area contributed by atoms with Gasteiger partial charge in [0.1, 0.15) is 5.92 Å². The summed E-state index contributed by atoms with van der Waals surface area (Å²) in [6.07, 6.45) is -0.259. The van der Waals surface area contributed by atoms with Crippen molar-refractivity contribution >= 4 is 35.1 Å². The molecule has 1 unspecified atom stereocenters. The monoisotopic (exact) mass is 304 g/mol. The van der Waals surface area contributed by atoms with Crippen LogP contribution in [0.2, 0.25) is 0 Å². The van der Waals surface area contributed by atoms with E-state index in [1.54, 1.807) is 30.3 Å². The lowest BCUT2D eigenvalue weighted by atomic mass is 9.95. The zero-order valence-corrected chi connectivity index (χ0v) is 12.1. The first-order chi connectivity index (χ1) is 8.93. The Hall–Kier alpha value is -1.26. The van der Waals surface area contributed by atoms with Crippen LogP contribution in [-0.2, 0) is 23.4 Å². The second-order valence-corrected chi connectivity index (χ2v) is 5.23. The lowest BCUT2D eigenvalue weighted by Crippen LogP contribution is -2.34. The van der Waals surface area contributed by atoms with Gasteiger partial charge < -0.3 is 9.47 Å². The molecule has 1 atom stereocenters. The topological polar surface area (TPSA) is 52.6 Å². The number of esters is 2. The zero-order chi connectivity index (χ0) is 14.5. The Morgan fingerprint density at radius 1 is 1.16 bits per heavy atom. The molecule has 0 fully saturated rings. The van der Waals surface area contributed by atoms with Crippen molar-refractivity contribution in [3.63, 3.8) is 0 Å². The summed E-state index contributed by atoms with van der Waals surface area (Å²) >= 11 is 12.5. The number of rotatable bonds is 5. The Bertz CT molecular complexity index is 445. The van der Waals surface area contributed by atoms with Gasteiger partial charge in [0.15, 0.2) is 4.33 Å². The third-order valence-electron chi connectivity index (χ3n) is 2.68. The van der Waals surface area contributed by atoms with Gasteiger partial charge in [-0.3, -0.25) is 9.59 Å². The van der Waals surface area contributed by atoms with Crippen LogP contribution >= 0.6 is 23.2 Å². The summed E-state index contributed by atoms with van der Waals surface area (Å²) in [5.41, 5.74) is 0.512. The van der Waals surface area contributed by atoms with Crippen molar-refractivity contribution in [2.75, 3.05) is 14.2 Å². The van der Waals surface area contributed by atoms with Crippen LogP contribution in [0.1, 0.15) is 12.0 Å². The molecule has 0 aliphatic carbocycles. The van der Waals surface area contributed by atoms with E-state index in [2.05, 4.69) is 9.47 Å². The van der Waals surface area contributed by atoms with Gasteiger partial charge in [-0.1, -0.05) is 53.5 Å². The van der Waals surface area contributed by atoms with E-state index in [4.69, 9.17) is 23.2 Å².